The Balaban J connectivity index is 1.21. The number of fused-ring (bicyclic) bond motifs is 4. The van der Waals surface area contributed by atoms with E-state index in [1.165, 1.54) is 11.6 Å². The van der Waals surface area contributed by atoms with Crippen molar-refractivity contribution in [3.8, 4) is 0 Å². The minimum Gasteiger partial charge on any atom is -0.339 e. The lowest BCUT2D eigenvalue weighted by molar-refractivity contribution is 0.224. The molecule has 1 N–H and O–H groups in total. The second kappa shape index (κ2) is 7.54. The molecule has 0 amide bonds. The zero-order chi connectivity index (χ0) is 22.9. The molecule has 0 spiro atoms. The van der Waals surface area contributed by atoms with Gasteiger partial charge >= 0.3 is 0 Å². The highest BCUT2D eigenvalue weighted by atomic mass is 19.2. The number of imidazole rings is 1. The van der Waals surface area contributed by atoms with Crippen molar-refractivity contribution in [2.24, 2.45) is 23.7 Å². The standard InChI is InChI=1S/C26H23F4N3/c1-12(6-23-32-25-21(29)11-20(28)24(30)26(25)33-23)17-8-14-7-13(17)9-18(14)16-4-5-31-22-3-2-15(27)10-19(16)22/h2-5,10-14,17-18H,6-9H2,1H3,(H,32,33)/t12-,13?,14?,17?,18?/m1/s1. The summed E-state index contributed by atoms with van der Waals surface area (Å²) in [5, 5.41) is 0.901. The van der Waals surface area contributed by atoms with E-state index in [1.54, 1.807) is 12.1 Å². The molecule has 0 aliphatic heterocycles. The number of nitrogens with one attached hydrogen (secondary N) is 1. The molecular formula is C26H23F4N3. The Labute approximate surface area is 188 Å². The molecule has 2 bridgehead atoms. The summed E-state index contributed by atoms with van der Waals surface area (Å²) in [5.41, 5.74) is 1.64. The monoisotopic (exact) mass is 453 g/mol. The zero-order valence-corrected chi connectivity index (χ0v) is 18.1. The molecule has 2 aliphatic rings. The second-order valence-corrected chi connectivity index (χ2v) is 9.80. The molecule has 5 atom stereocenters. The van der Waals surface area contributed by atoms with Gasteiger partial charge in [-0.1, -0.05) is 6.92 Å². The van der Waals surface area contributed by atoms with Crippen LogP contribution >= 0.6 is 0 Å². The Hall–Kier alpha value is -2.96. The largest absolute Gasteiger partial charge is 0.339 e. The predicted octanol–water partition coefficient (Wildman–Crippen LogP) is 6.68. The highest BCUT2D eigenvalue weighted by Crippen LogP contribution is 2.58. The maximum atomic E-state index is 14.0. The van der Waals surface area contributed by atoms with Crippen LogP contribution < -0.4 is 0 Å². The van der Waals surface area contributed by atoms with Crippen LogP contribution in [0.1, 0.15) is 43.5 Å². The van der Waals surface area contributed by atoms with E-state index >= 15 is 0 Å². The van der Waals surface area contributed by atoms with E-state index in [1.807, 2.05) is 12.3 Å². The fourth-order valence-electron chi connectivity index (χ4n) is 6.53. The van der Waals surface area contributed by atoms with Crippen molar-refractivity contribution >= 4 is 21.9 Å². The van der Waals surface area contributed by atoms with Gasteiger partial charge in [0.25, 0.3) is 0 Å². The minimum atomic E-state index is -1.23. The van der Waals surface area contributed by atoms with Gasteiger partial charge in [0.2, 0.25) is 0 Å². The van der Waals surface area contributed by atoms with Crippen molar-refractivity contribution in [2.45, 2.75) is 38.5 Å². The number of H-pyrrole nitrogens is 1. The van der Waals surface area contributed by atoms with Crippen molar-refractivity contribution in [2.75, 3.05) is 0 Å². The Morgan fingerprint density at radius 3 is 2.64 bits per heavy atom. The summed E-state index contributed by atoms with van der Waals surface area (Å²) in [6.07, 6.45) is 5.60. The van der Waals surface area contributed by atoms with Crippen molar-refractivity contribution in [1.29, 1.82) is 0 Å². The van der Waals surface area contributed by atoms with Gasteiger partial charge in [-0.3, -0.25) is 4.98 Å². The van der Waals surface area contributed by atoms with E-state index in [0.29, 0.717) is 42.0 Å². The molecule has 2 aromatic carbocycles. The predicted molar refractivity (Wildman–Crippen MR) is 118 cm³/mol. The molecule has 2 aromatic heterocycles. The molecular weight excluding hydrogens is 430 g/mol. The summed E-state index contributed by atoms with van der Waals surface area (Å²) in [4.78, 5) is 11.4. The molecule has 0 saturated heterocycles. The number of hydrogen-bond donors (Lipinski definition) is 1. The normalized spacial score (nSPS) is 25.4. The Bertz CT molecular complexity index is 1380. The summed E-state index contributed by atoms with van der Waals surface area (Å²) in [6, 6.07) is 7.35. The molecule has 3 nitrogen and oxygen atoms in total. The second-order valence-electron chi connectivity index (χ2n) is 9.80. The average Bonchev–Trinajstić information content (AvgIpc) is 3.51. The Morgan fingerprint density at radius 1 is 1.00 bits per heavy atom. The smallest absolute Gasteiger partial charge is 0.186 e. The zero-order valence-electron chi connectivity index (χ0n) is 18.1. The molecule has 6 rings (SSSR count). The summed E-state index contributed by atoms with van der Waals surface area (Å²) in [5.74, 6) is -0.736. The number of rotatable bonds is 4. The van der Waals surface area contributed by atoms with Crippen LogP contribution in [0, 0.1) is 46.9 Å². The van der Waals surface area contributed by atoms with Gasteiger partial charge in [0.15, 0.2) is 17.5 Å². The van der Waals surface area contributed by atoms with Gasteiger partial charge < -0.3 is 4.98 Å². The van der Waals surface area contributed by atoms with E-state index in [4.69, 9.17) is 0 Å². The number of nitrogens with zero attached hydrogens (tertiary/aromatic N) is 2. The number of hydrogen-bond acceptors (Lipinski definition) is 2. The summed E-state index contributed by atoms with van der Waals surface area (Å²) in [6.45, 7) is 2.15. The Morgan fingerprint density at radius 2 is 1.85 bits per heavy atom. The van der Waals surface area contributed by atoms with E-state index in [-0.39, 0.29) is 22.8 Å². The van der Waals surface area contributed by atoms with Crippen LogP contribution in [-0.2, 0) is 6.42 Å². The van der Waals surface area contributed by atoms with Crippen LogP contribution in [0.2, 0.25) is 0 Å². The number of halogens is 4. The fourth-order valence-corrected chi connectivity index (χ4v) is 6.53. The third-order valence-electron chi connectivity index (χ3n) is 7.96. The van der Waals surface area contributed by atoms with Gasteiger partial charge in [-0.05, 0) is 78.7 Å². The van der Waals surface area contributed by atoms with Crippen molar-refractivity contribution in [3.63, 3.8) is 0 Å². The summed E-state index contributed by atoms with van der Waals surface area (Å²) < 4.78 is 55.5. The molecule has 2 fully saturated rings. The fraction of sp³-hybridized carbons (Fsp3) is 0.385. The van der Waals surface area contributed by atoms with Crippen molar-refractivity contribution in [3.05, 3.63) is 71.2 Å². The molecule has 2 heterocycles. The first-order valence-corrected chi connectivity index (χ1v) is 11.4. The van der Waals surface area contributed by atoms with Gasteiger partial charge in [-0.25, -0.2) is 22.5 Å². The van der Waals surface area contributed by atoms with Crippen LogP contribution in [0.3, 0.4) is 0 Å². The third-order valence-corrected chi connectivity index (χ3v) is 7.96. The lowest BCUT2D eigenvalue weighted by Gasteiger charge is -2.32. The first-order chi connectivity index (χ1) is 15.9. The maximum Gasteiger partial charge on any atom is 0.186 e. The summed E-state index contributed by atoms with van der Waals surface area (Å²) in [7, 11) is 0. The van der Waals surface area contributed by atoms with Gasteiger partial charge in [0, 0.05) is 24.1 Å². The molecule has 170 valence electrons. The number of aromatic nitrogens is 3. The highest BCUT2D eigenvalue weighted by molar-refractivity contribution is 5.82. The lowest BCUT2D eigenvalue weighted by Crippen LogP contribution is -2.24. The molecule has 4 aromatic rings. The first-order valence-electron chi connectivity index (χ1n) is 11.4. The number of aromatic amines is 1. The highest BCUT2D eigenvalue weighted by Gasteiger charge is 2.48. The Kier molecular flexibility index (Phi) is 4.71. The summed E-state index contributed by atoms with van der Waals surface area (Å²) >= 11 is 0. The van der Waals surface area contributed by atoms with Gasteiger partial charge in [-0.2, -0.15) is 0 Å². The molecule has 0 radical (unpaired) electrons. The average molecular weight is 453 g/mol. The van der Waals surface area contributed by atoms with Crippen molar-refractivity contribution in [1.82, 2.24) is 15.0 Å². The van der Waals surface area contributed by atoms with Gasteiger partial charge in [-0.15, -0.1) is 0 Å². The SMILES string of the molecule is C[C@H](Cc1nc2c(F)c(F)cc(F)c2[nH]1)C1CC2CC1CC2c1ccnc2ccc(F)cc12. The molecule has 2 aliphatic carbocycles. The van der Waals surface area contributed by atoms with E-state index in [9.17, 15) is 17.6 Å². The van der Waals surface area contributed by atoms with E-state index in [0.717, 1.165) is 30.2 Å². The van der Waals surface area contributed by atoms with Crippen LogP contribution in [0.15, 0.2) is 36.5 Å². The molecule has 2 saturated carbocycles. The van der Waals surface area contributed by atoms with Crippen LogP contribution in [0.25, 0.3) is 21.9 Å². The quantitative estimate of drug-likeness (QED) is 0.277. The molecule has 33 heavy (non-hydrogen) atoms. The topological polar surface area (TPSA) is 41.6 Å². The van der Waals surface area contributed by atoms with Crippen LogP contribution in [-0.4, -0.2) is 15.0 Å². The van der Waals surface area contributed by atoms with Crippen LogP contribution in [0.4, 0.5) is 17.6 Å². The number of pyridine rings is 1. The molecule has 7 heteroatoms. The van der Waals surface area contributed by atoms with Crippen molar-refractivity contribution < 1.29 is 17.6 Å². The van der Waals surface area contributed by atoms with E-state index < -0.39 is 17.5 Å². The maximum absolute atomic E-state index is 14.0. The third kappa shape index (κ3) is 3.31. The molecule has 4 unspecified atom stereocenters. The van der Waals surface area contributed by atoms with Gasteiger partial charge in [0.05, 0.1) is 5.52 Å². The minimum absolute atomic E-state index is 0.0825. The lowest BCUT2D eigenvalue weighted by atomic mass is 9.73. The van der Waals surface area contributed by atoms with Gasteiger partial charge in [0.1, 0.15) is 22.7 Å². The first kappa shape index (κ1) is 20.6. The number of benzene rings is 2. The van der Waals surface area contributed by atoms with E-state index in [2.05, 4.69) is 21.9 Å². The van der Waals surface area contributed by atoms with Crippen LogP contribution in [0.5, 0.6) is 0 Å².